The molecule has 38 heavy (non-hydrogen) atoms. The van der Waals surface area contributed by atoms with Gasteiger partial charge in [-0.25, -0.2) is 22.9 Å². The second kappa shape index (κ2) is 12.2. The zero-order valence-corrected chi connectivity index (χ0v) is 23.7. The van der Waals surface area contributed by atoms with Crippen LogP contribution in [0.3, 0.4) is 0 Å². The average molecular weight is 559 g/mol. The van der Waals surface area contributed by atoms with Crippen molar-refractivity contribution in [2.24, 2.45) is 0 Å². The Hall–Kier alpha value is -3.09. The van der Waals surface area contributed by atoms with Gasteiger partial charge in [0, 0.05) is 36.0 Å². The van der Waals surface area contributed by atoms with Crippen molar-refractivity contribution in [1.82, 2.24) is 25.2 Å². The van der Waals surface area contributed by atoms with Crippen molar-refractivity contribution < 1.29 is 17.9 Å². The van der Waals surface area contributed by atoms with Crippen LogP contribution in [-0.2, 0) is 14.8 Å². The topological polar surface area (TPSA) is 135 Å². The van der Waals surface area contributed by atoms with Crippen molar-refractivity contribution in [3.8, 4) is 10.4 Å². The van der Waals surface area contributed by atoms with Crippen LogP contribution in [0, 0.1) is 6.92 Å². The van der Waals surface area contributed by atoms with Gasteiger partial charge in [0.1, 0.15) is 0 Å². The van der Waals surface area contributed by atoms with Crippen LogP contribution < -0.4 is 15.4 Å². The molecule has 10 nitrogen and oxygen atoms in total. The van der Waals surface area contributed by atoms with E-state index in [4.69, 9.17) is 4.74 Å². The van der Waals surface area contributed by atoms with Crippen molar-refractivity contribution in [3.63, 3.8) is 0 Å². The second-order valence-corrected chi connectivity index (χ2v) is 12.5. The van der Waals surface area contributed by atoms with Crippen LogP contribution >= 0.6 is 11.3 Å². The van der Waals surface area contributed by atoms with Crippen LogP contribution in [0.2, 0.25) is 0 Å². The van der Waals surface area contributed by atoms with Crippen molar-refractivity contribution in [3.05, 3.63) is 47.2 Å². The van der Waals surface area contributed by atoms with Gasteiger partial charge < -0.3 is 15.4 Å². The summed E-state index contributed by atoms with van der Waals surface area (Å²) < 4.78 is 34.1. The number of nitrogens with one attached hydrogen (secondary N) is 3. The fraction of sp³-hybridized carbons (Fsp3) is 0.462. The van der Waals surface area contributed by atoms with Gasteiger partial charge >= 0.3 is 6.09 Å². The molecule has 12 heteroatoms. The fourth-order valence-corrected chi connectivity index (χ4v) is 6.94. The number of ether oxygens (including phenoxy) is 1. The van der Waals surface area contributed by atoms with Gasteiger partial charge in [0.15, 0.2) is 5.82 Å². The summed E-state index contributed by atoms with van der Waals surface area (Å²) in [7, 11) is -3.75. The molecule has 1 aromatic carbocycles. The molecule has 0 aliphatic heterocycles. The number of benzene rings is 1. The Morgan fingerprint density at radius 3 is 2.61 bits per heavy atom. The lowest BCUT2D eigenvalue weighted by Gasteiger charge is -2.28. The summed E-state index contributed by atoms with van der Waals surface area (Å²) in [6.45, 7) is 7.59. The molecule has 3 aromatic rings. The largest absolute Gasteiger partial charge is 0.447 e. The first-order chi connectivity index (χ1) is 18.1. The summed E-state index contributed by atoms with van der Waals surface area (Å²) in [5, 5.41) is 15.1. The third-order valence-electron chi connectivity index (χ3n) is 6.20. The summed E-state index contributed by atoms with van der Waals surface area (Å²) in [6.07, 6.45) is 6.35. The number of nitrogens with zero attached hydrogens (tertiary/aromatic N) is 3. The maximum atomic E-state index is 13.2. The predicted octanol–water partition coefficient (Wildman–Crippen LogP) is 5.11. The highest BCUT2D eigenvalue weighted by molar-refractivity contribution is 7.89. The molecule has 2 aromatic heterocycles. The molecule has 204 valence electrons. The van der Waals surface area contributed by atoms with Gasteiger partial charge in [0.25, 0.3) is 0 Å². The zero-order valence-electron chi connectivity index (χ0n) is 22.0. The Balaban J connectivity index is 1.53. The van der Waals surface area contributed by atoms with Gasteiger partial charge in [0.2, 0.25) is 10.0 Å². The van der Waals surface area contributed by atoms with E-state index in [2.05, 4.69) is 30.5 Å². The number of anilines is 2. The first-order valence-electron chi connectivity index (χ1n) is 12.8. The Morgan fingerprint density at radius 1 is 1.16 bits per heavy atom. The predicted molar refractivity (Wildman–Crippen MR) is 148 cm³/mol. The zero-order chi connectivity index (χ0) is 27.3. The summed E-state index contributed by atoms with van der Waals surface area (Å²) in [4.78, 5) is 17.6. The van der Waals surface area contributed by atoms with Gasteiger partial charge in [-0.3, -0.25) is 0 Å². The number of rotatable bonds is 9. The average Bonchev–Trinajstić information content (AvgIpc) is 3.34. The quantitative estimate of drug-likeness (QED) is 0.330. The number of thiazole rings is 1. The van der Waals surface area contributed by atoms with E-state index in [-0.39, 0.29) is 35.6 Å². The van der Waals surface area contributed by atoms with Crippen LogP contribution in [0.5, 0.6) is 0 Å². The second-order valence-electron chi connectivity index (χ2n) is 9.67. The minimum Gasteiger partial charge on any atom is -0.447 e. The number of hydrogen-bond acceptors (Lipinski definition) is 9. The Bertz CT molecular complexity index is 1370. The molecular weight excluding hydrogens is 524 g/mol. The molecule has 1 fully saturated rings. The molecule has 0 saturated heterocycles. The van der Waals surface area contributed by atoms with Crippen molar-refractivity contribution >= 4 is 39.0 Å². The van der Waals surface area contributed by atoms with E-state index in [1.165, 1.54) is 11.3 Å². The minimum atomic E-state index is -3.75. The molecule has 1 amide bonds. The SMILES string of the molecule is CCNS(=O)(=O)c1cc(Nc2cc(C)cnn2)ccc1-c1cnc(C2CCC(NC(=O)OC(C)C)CC2)s1. The van der Waals surface area contributed by atoms with E-state index in [0.29, 0.717) is 17.1 Å². The van der Waals surface area contributed by atoms with E-state index in [9.17, 15) is 13.2 Å². The number of sulfonamides is 1. The highest BCUT2D eigenvalue weighted by Gasteiger charge is 2.27. The highest BCUT2D eigenvalue weighted by Crippen LogP contribution is 2.40. The molecule has 0 spiro atoms. The number of carbonyl (C=O) groups is 1. The van der Waals surface area contributed by atoms with Crippen LogP contribution in [0.4, 0.5) is 16.3 Å². The number of amides is 1. The van der Waals surface area contributed by atoms with Crippen LogP contribution in [0.1, 0.15) is 62.9 Å². The minimum absolute atomic E-state index is 0.0898. The smallest absolute Gasteiger partial charge is 0.407 e. The van der Waals surface area contributed by atoms with E-state index in [1.54, 1.807) is 31.5 Å². The lowest BCUT2D eigenvalue weighted by molar-refractivity contribution is 0.109. The summed E-state index contributed by atoms with van der Waals surface area (Å²) in [5.74, 6) is 0.801. The third kappa shape index (κ3) is 7.06. The number of alkyl carbamates (subject to hydrolysis) is 1. The van der Waals surface area contributed by atoms with Crippen molar-refractivity contribution in [2.75, 3.05) is 11.9 Å². The molecule has 0 unspecified atom stereocenters. The molecule has 1 saturated carbocycles. The first-order valence-corrected chi connectivity index (χ1v) is 15.1. The fourth-order valence-electron chi connectivity index (χ4n) is 4.47. The first kappa shape index (κ1) is 27.9. The Kier molecular flexibility index (Phi) is 8.95. The molecule has 1 aliphatic carbocycles. The maximum Gasteiger partial charge on any atom is 0.407 e. The third-order valence-corrected chi connectivity index (χ3v) is 8.98. The number of aromatic nitrogens is 3. The lowest BCUT2D eigenvalue weighted by atomic mass is 9.86. The molecule has 3 N–H and O–H groups in total. The molecular formula is C26H34N6O4S2. The van der Waals surface area contributed by atoms with Gasteiger partial charge in [-0.15, -0.1) is 16.4 Å². The van der Waals surface area contributed by atoms with Gasteiger partial charge in [-0.1, -0.05) is 13.0 Å². The molecule has 2 heterocycles. The van der Waals surface area contributed by atoms with E-state index in [1.807, 2.05) is 32.9 Å². The molecule has 0 radical (unpaired) electrons. The van der Waals surface area contributed by atoms with Crippen LogP contribution in [-0.4, -0.2) is 48.4 Å². The highest BCUT2D eigenvalue weighted by atomic mass is 32.2. The molecule has 0 bridgehead atoms. The monoisotopic (exact) mass is 558 g/mol. The number of aryl methyl sites for hydroxylation is 1. The van der Waals surface area contributed by atoms with E-state index >= 15 is 0 Å². The molecule has 0 atom stereocenters. The van der Waals surface area contributed by atoms with Crippen molar-refractivity contribution in [2.45, 2.75) is 76.3 Å². The van der Waals surface area contributed by atoms with E-state index < -0.39 is 10.0 Å². The van der Waals surface area contributed by atoms with Gasteiger partial charge in [-0.2, -0.15) is 5.10 Å². The number of hydrogen-bond donors (Lipinski definition) is 3. The summed E-state index contributed by atoms with van der Waals surface area (Å²) >= 11 is 1.52. The lowest BCUT2D eigenvalue weighted by Crippen LogP contribution is -2.38. The molecule has 4 rings (SSSR count). The summed E-state index contributed by atoms with van der Waals surface area (Å²) in [6, 6.07) is 7.17. The van der Waals surface area contributed by atoms with Gasteiger partial charge in [0.05, 0.1) is 27.1 Å². The number of carbonyl (C=O) groups excluding carboxylic acids is 1. The Labute approximate surface area is 227 Å². The summed E-state index contributed by atoms with van der Waals surface area (Å²) in [5.41, 5.74) is 2.14. The maximum absolute atomic E-state index is 13.2. The van der Waals surface area contributed by atoms with E-state index in [0.717, 1.165) is 41.1 Å². The Morgan fingerprint density at radius 2 is 1.92 bits per heavy atom. The standard InChI is InChI=1S/C26H34N6O4S2/c1-5-29-38(34,35)23-13-20(30-24-12-17(4)14-28-32-24)10-11-21(23)22-15-27-25(37-22)18-6-8-19(9-7-18)31-26(33)36-16(2)3/h10-16,18-19,29H,5-9H2,1-4H3,(H,30,32)(H,31,33). The van der Waals surface area contributed by atoms with Crippen molar-refractivity contribution in [1.29, 1.82) is 0 Å². The normalized spacial score (nSPS) is 17.8. The van der Waals surface area contributed by atoms with Crippen LogP contribution in [0.15, 0.2) is 41.6 Å². The van der Waals surface area contributed by atoms with Gasteiger partial charge in [-0.05, 0) is 70.2 Å². The van der Waals surface area contributed by atoms with Crippen LogP contribution in [0.25, 0.3) is 10.4 Å². The molecule has 1 aliphatic rings.